The second kappa shape index (κ2) is 34.0. The molecule has 0 aliphatic rings. The van der Waals surface area contributed by atoms with Crippen LogP contribution in [0.2, 0.25) is 0 Å². The van der Waals surface area contributed by atoms with Crippen LogP contribution in [0.3, 0.4) is 0 Å². The van der Waals surface area contributed by atoms with Crippen LogP contribution in [0.5, 0.6) is 0 Å². The van der Waals surface area contributed by atoms with Crippen LogP contribution in [0.15, 0.2) is 0 Å². The quantitative estimate of drug-likeness (QED) is 0.396. The molecule has 0 rings (SSSR count). The van der Waals surface area contributed by atoms with E-state index >= 15 is 0 Å². The summed E-state index contributed by atoms with van der Waals surface area (Å²) < 4.78 is 0. The summed E-state index contributed by atoms with van der Waals surface area (Å²) in [6.45, 7) is 0. The van der Waals surface area contributed by atoms with Crippen molar-refractivity contribution in [1.29, 1.82) is 0 Å². The molecule has 0 aromatic heterocycles. The van der Waals surface area contributed by atoms with Gasteiger partial charge in [-0.25, -0.2) is 0 Å². The third kappa shape index (κ3) is 22.3. The Morgan fingerprint density at radius 2 is 0.400 bits per heavy atom. The summed E-state index contributed by atoms with van der Waals surface area (Å²) in [6, 6.07) is 0. The van der Waals surface area contributed by atoms with E-state index in [9.17, 15) is 0 Å². The fourth-order valence-corrected chi connectivity index (χ4v) is 0. The molecule has 0 bridgehead atoms. The van der Waals surface area contributed by atoms with Gasteiger partial charge in [-0.3, -0.25) is 0 Å². The molecule has 0 spiro atoms. The third-order valence-electron chi connectivity index (χ3n) is 0. The molecular weight excluding hydrogens is 373 g/mol. The Bertz CT molecular complexity index is 3.61. The topological polar surface area (TPSA) is 0 Å². The molecule has 0 aromatic rings. The minimum absolute atomic E-state index is 0. The summed E-state index contributed by atoms with van der Waals surface area (Å²) >= 11 is 0. The van der Waals surface area contributed by atoms with Crippen LogP contribution in [-0.4, -0.2) is 0 Å². The number of rotatable bonds is 0. The van der Waals surface area contributed by atoms with Gasteiger partial charge in [-0.15, -0.1) is 0 Å². The fraction of sp³-hybridized carbons (Fsp3) is 0. The van der Waals surface area contributed by atoms with E-state index in [1.54, 1.807) is 0 Å². The van der Waals surface area contributed by atoms with Crippen LogP contribution < -0.4 is 49.6 Å². The van der Waals surface area contributed by atoms with Gasteiger partial charge < -0.3 is 49.6 Å². The van der Waals surface area contributed by atoms with Gasteiger partial charge in [0.05, 0.1) is 0 Å². The van der Waals surface area contributed by atoms with E-state index in [0.717, 1.165) is 0 Å². The summed E-state index contributed by atoms with van der Waals surface area (Å²) in [5.74, 6) is 0. The van der Waals surface area contributed by atoms with Gasteiger partial charge in [-0.05, 0) is 0 Å². The molecule has 0 saturated heterocycles. The second-order valence-electron chi connectivity index (χ2n) is 0. The van der Waals surface area contributed by atoms with Gasteiger partial charge in [0.1, 0.15) is 0 Å². The van der Waals surface area contributed by atoms with Crippen molar-refractivity contribution in [2.75, 3.05) is 0 Å². The molecule has 0 aliphatic carbocycles. The van der Waals surface area contributed by atoms with Gasteiger partial charge in [0.15, 0.2) is 0 Å². The maximum absolute atomic E-state index is 0. The van der Waals surface area contributed by atoms with Gasteiger partial charge >= 0.3 is 0 Å². The third-order valence-corrected chi connectivity index (χ3v) is 0. The molecule has 35 valence electrons. The first kappa shape index (κ1) is 55.9. The van der Waals surface area contributed by atoms with Crippen molar-refractivity contribution in [1.82, 2.24) is 0 Å². The first-order valence-electron chi connectivity index (χ1n) is 0. The molecule has 1 radical (unpaired) electrons. The molecular formula is Cl4Pa-4. The maximum atomic E-state index is 0. The second-order valence-corrected chi connectivity index (χ2v) is 0. The largest absolute Gasteiger partial charge is 1.00 e. The van der Waals surface area contributed by atoms with Crippen molar-refractivity contribution in [2.24, 2.45) is 0 Å². The molecule has 0 atom stereocenters. The van der Waals surface area contributed by atoms with E-state index in [4.69, 9.17) is 0 Å². The van der Waals surface area contributed by atoms with Gasteiger partial charge in [0.25, 0.3) is 0 Å². The number of hydrogen-bond acceptors (Lipinski definition) is 0. The first-order valence-corrected chi connectivity index (χ1v) is 0. The Labute approximate surface area is 81.0 Å². The van der Waals surface area contributed by atoms with E-state index in [2.05, 4.69) is 0 Å². The average molecular weight is 373 g/mol. The number of halogens is 4. The van der Waals surface area contributed by atoms with Crippen LogP contribution in [0, 0.1) is 32.3 Å². The predicted octanol–water partition coefficient (Wildman–Crippen LogP) is -12.0. The molecule has 0 aliphatic heterocycles. The zero-order valence-electron chi connectivity index (χ0n) is 2.09. The fourth-order valence-electron chi connectivity index (χ4n) is 0. The zero-order chi connectivity index (χ0) is 0. The first-order chi connectivity index (χ1) is 0. The Morgan fingerprint density at radius 3 is 0.400 bits per heavy atom. The monoisotopic (exact) mass is 371 g/mol. The van der Waals surface area contributed by atoms with Gasteiger partial charge in [0.2, 0.25) is 0 Å². The summed E-state index contributed by atoms with van der Waals surface area (Å²) in [4.78, 5) is 0. The molecule has 0 saturated carbocycles. The van der Waals surface area contributed by atoms with Gasteiger partial charge in [0, 0.05) is 32.3 Å². The molecule has 0 N–H and O–H groups in total. The zero-order valence-corrected chi connectivity index (χ0v) is 9.92. The molecule has 5 heteroatoms. The van der Waals surface area contributed by atoms with E-state index in [0.29, 0.717) is 0 Å². The van der Waals surface area contributed by atoms with E-state index in [-0.39, 0.29) is 81.9 Å². The minimum atomic E-state index is 0. The van der Waals surface area contributed by atoms with Crippen molar-refractivity contribution >= 4 is 0 Å². The summed E-state index contributed by atoms with van der Waals surface area (Å²) in [5, 5.41) is 0. The SMILES string of the molecule is [Cl-].[Cl-].[Cl-].[Cl-].[Pa]. The van der Waals surface area contributed by atoms with Crippen molar-refractivity contribution < 1.29 is 81.9 Å². The van der Waals surface area contributed by atoms with Crippen molar-refractivity contribution in [2.45, 2.75) is 0 Å². The Balaban J connectivity index is 0. The summed E-state index contributed by atoms with van der Waals surface area (Å²) in [5.41, 5.74) is 0. The van der Waals surface area contributed by atoms with Gasteiger partial charge in [-0.2, -0.15) is 0 Å². The van der Waals surface area contributed by atoms with Crippen molar-refractivity contribution in [3.05, 3.63) is 0 Å². The van der Waals surface area contributed by atoms with E-state index < -0.39 is 0 Å². The molecule has 5 heavy (non-hydrogen) atoms. The maximum Gasteiger partial charge on any atom is 0 e. The predicted molar refractivity (Wildman–Crippen MR) is 0 cm³/mol. The Morgan fingerprint density at radius 1 is 0.400 bits per heavy atom. The van der Waals surface area contributed by atoms with Crippen LogP contribution in [-0.2, 0) is 0 Å². The minimum Gasteiger partial charge on any atom is -1.00 e. The standard InChI is InChI=1S/4ClH.Pa/h4*1H;/p-4. The molecule has 0 unspecified atom stereocenters. The van der Waals surface area contributed by atoms with Crippen LogP contribution in [0.4, 0.5) is 0 Å². The number of hydrogen-bond donors (Lipinski definition) is 0. The van der Waals surface area contributed by atoms with Crippen molar-refractivity contribution in [3.8, 4) is 0 Å². The molecule has 0 amide bonds. The summed E-state index contributed by atoms with van der Waals surface area (Å²) in [6.07, 6.45) is 0. The van der Waals surface area contributed by atoms with E-state index in [1.165, 1.54) is 0 Å². The van der Waals surface area contributed by atoms with Crippen LogP contribution >= 0.6 is 0 Å². The van der Waals surface area contributed by atoms with Gasteiger partial charge in [-0.1, -0.05) is 0 Å². The molecule has 0 aromatic carbocycles. The Kier molecular flexibility index (Phi) is 380. The Hall–Kier alpha value is 2.25. The van der Waals surface area contributed by atoms with E-state index in [1.807, 2.05) is 0 Å². The average Bonchev–Trinajstić information content (AvgIpc) is 0. The normalized spacial score (nSPS) is 0. The molecule has 0 fully saturated rings. The smallest absolute Gasteiger partial charge is 0 e. The van der Waals surface area contributed by atoms with Crippen LogP contribution in [0.25, 0.3) is 0 Å². The molecule has 0 nitrogen and oxygen atoms in total. The van der Waals surface area contributed by atoms with Crippen molar-refractivity contribution in [3.63, 3.8) is 0 Å². The summed E-state index contributed by atoms with van der Waals surface area (Å²) in [7, 11) is 0. The van der Waals surface area contributed by atoms with Crippen LogP contribution in [0.1, 0.15) is 0 Å². The molecule has 0 heterocycles.